The highest BCUT2D eigenvalue weighted by Crippen LogP contribution is 1.98. The molecule has 1 atom stereocenters. The summed E-state index contributed by atoms with van der Waals surface area (Å²) in [4.78, 5) is 10.6. The highest BCUT2D eigenvalue weighted by molar-refractivity contribution is 7.90. The SMILES string of the molecule is CC(Cl)OC(=O)OCCS(C)(=O)=O. The molecule has 1 unspecified atom stereocenters. The van der Waals surface area contributed by atoms with E-state index in [2.05, 4.69) is 9.47 Å². The Bertz CT molecular complexity index is 258. The van der Waals surface area contributed by atoms with Gasteiger partial charge in [0.2, 0.25) is 0 Å². The van der Waals surface area contributed by atoms with E-state index in [9.17, 15) is 13.2 Å². The third-order valence-corrected chi connectivity index (χ3v) is 1.93. The number of rotatable bonds is 4. The molecule has 0 aliphatic carbocycles. The van der Waals surface area contributed by atoms with E-state index in [1.54, 1.807) is 0 Å². The normalized spacial score (nSPS) is 13.5. The van der Waals surface area contributed by atoms with Crippen LogP contribution >= 0.6 is 11.6 Å². The third kappa shape index (κ3) is 9.42. The van der Waals surface area contributed by atoms with Crippen molar-refractivity contribution >= 4 is 27.6 Å². The third-order valence-electron chi connectivity index (χ3n) is 0.933. The molecule has 0 rings (SSSR count). The molecule has 5 nitrogen and oxygen atoms in total. The van der Waals surface area contributed by atoms with E-state index < -0.39 is 21.6 Å². The monoisotopic (exact) mass is 230 g/mol. The number of carbonyl (C=O) groups is 1. The maximum Gasteiger partial charge on any atom is 0.509 e. The predicted molar refractivity (Wildman–Crippen MR) is 47.5 cm³/mol. The Labute approximate surface area is 81.9 Å². The predicted octanol–water partition coefficient (Wildman–Crippen LogP) is 0.769. The van der Waals surface area contributed by atoms with Crippen LogP contribution in [0.1, 0.15) is 6.92 Å². The highest BCUT2D eigenvalue weighted by Gasteiger charge is 2.09. The molecule has 0 aliphatic rings. The van der Waals surface area contributed by atoms with Crippen LogP contribution in [-0.4, -0.2) is 38.8 Å². The Balaban J connectivity index is 3.61. The zero-order valence-electron chi connectivity index (χ0n) is 7.32. The van der Waals surface area contributed by atoms with Crippen LogP contribution < -0.4 is 0 Å². The summed E-state index contributed by atoms with van der Waals surface area (Å²) in [5.74, 6) is -0.223. The fourth-order valence-corrected chi connectivity index (χ4v) is 0.902. The average molecular weight is 231 g/mol. The molecule has 0 N–H and O–H groups in total. The first-order valence-electron chi connectivity index (χ1n) is 3.46. The topological polar surface area (TPSA) is 69.7 Å². The first kappa shape index (κ1) is 12.5. The summed E-state index contributed by atoms with van der Waals surface area (Å²) in [6.45, 7) is 1.22. The number of sulfone groups is 1. The number of halogens is 1. The summed E-state index contributed by atoms with van der Waals surface area (Å²) < 4.78 is 29.9. The summed E-state index contributed by atoms with van der Waals surface area (Å²) in [6, 6.07) is 0. The van der Waals surface area contributed by atoms with Crippen molar-refractivity contribution in [2.75, 3.05) is 18.6 Å². The lowest BCUT2D eigenvalue weighted by atomic mass is 10.8. The minimum atomic E-state index is -3.11. The maximum absolute atomic E-state index is 10.6. The van der Waals surface area contributed by atoms with Crippen molar-refractivity contribution in [1.82, 2.24) is 0 Å². The van der Waals surface area contributed by atoms with Crippen molar-refractivity contribution in [2.45, 2.75) is 12.5 Å². The molecular formula is C6H11ClO5S. The number of hydrogen-bond acceptors (Lipinski definition) is 5. The van der Waals surface area contributed by atoms with E-state index in [1.807, 2.05) is 0 Å². The molecule has 0 heterocycles. The van der Waals surface area contributed by atoms with Crippen molar-refractivity contribution in [3.63, 3.8) is 0 Å². The second-order valence-corrected chi connectivity index (χ2v) is 5.26. The molecule has 0 saturated carbocycles. The van der Waals surface area contributed by atoms with Crippen LogP contribution in [0.15, 0.2) is 0 Å². The lowest BCUT2D eigenvalue weighted by Gasteiger charge is -2.06. The van der Waals surface area contributed by atoms with E-state index in [-0.39, 0.29) is 12.4 Å². The molecule has 7 heteroatoms. The molecule has 0 aromatic heterocycles. The van der Waals surface area contributed by atoms with Gasteiger partial charge in [-0.05, 0) is 6.92 Å². The zero-order chi connectivity index (χ0) is 10.5. The second-order valence-electron chi connectivity index (χ2n) is 2.39. The van der Waals surface area contributed by atoms with Crippen LogP contribution in [0.5, 0.6) is 0 Å². The van der Waals surface area contributed by atoms with Gasteiger partial charge >= 0.3 is 6.16 Å². The number of carbonyl (C=O) groups excluding carboxylic acids is 1. The van der Waals surface area contributed by atoms with Gasteiger partial charge in [0.05, 0.1) is 5.75 Å². The van der Waals surface area contributed by atoms with Gasteiger partial charge in [-0.1, -0.05) is 11.6 Å². The minimum Gasteiger partial charge on any atom is -0.433 e. The van der Waals surface area contributed by atoms with Crippen LogP contribution in [0.4, 0.5) is 4.79 Å². The van der Waals surface area contributed by atoms with Gasteiger partial charge in [0.25, 0.3) is 0 Å². The Morgan fingerprint density at radius 3 is 2.46 bits per heavy atom. The van der Waals surface area contributed by atoms with Gasteiger partial charge in [0.1, 0.15) is 6.61 Å². The van der Waals surface area contributed by atoms with E-state index in [0.29, 0.717) is 0 Å². The minimum absolute atomic E-state index is 0.221. The molecule has 0 saturated heterocycles. The zero-order valence-corrected chi connectivity index (χ0v) is 8.89. The Kier molecular flexibility index (Phi) is 5.09. The first-order chi connectivity index (χ1) is 5.81. The largest absolute Gasteiger partial charge is 0.509 e. The lowest BCUT2D eigenvalue weighted by Crippen LogP contribution is -2.16. The summed E-state index contributed by atoms with van der Waals surface area (Å²) in [5.41, 5.74) is -0.786. The fourth-order valence-electron chi connectivity index (χ4n) is 0.443. The standard InChI is InChI=1S/C6H11ClO5S/c1-5(7)12-6(8)11-3-4-13(2,9)10/h5H,3-4H2,1-2H3. The van der Waals surface area contributed by atoms with E-state index in [0.717, 1.165) is 6.26 Å². The summed E-state index contributed by atoms with van der Waals surface area (Å²) in [7, 11) is -3.11. The van der Waals surface area contributed by atoms with Crippen LogP contribution in [0.3, 0.4) is 0 Å². The number of alkyl halides is 1. The van der Waals surface area contributed by atoms with Gasteiger partial charge < -0.3 is 9.47 Å². The molecule has 0 aromatic rings. The second kappa shape index (κ2) is 5.29. The van der Waals surface area contributed by atoms with Gasteiger partial charge in [-0.25, -0.2) is 13.2 Å². The molecule has 0 amide bonds. The Hall–Kier alpha value is -0.490. The van der Waals surface area contributed by atoms with Crippen molar-refractivity contribution in [2.24, 2.45) is 0 Å². The van der Waals surface area contributed by atoms with Crippen LogP contribution in [-0.2, 0) is 19.3 Å². The number of hydrogen-bond donors (Lipinski definition) is 0. The van der Waals surface area contributed by atoms with Gasteiger partial charge in [-0.15, -0.1) is 0 Å². The molecule has 0 spiro atoms. The Morgan fingerprint density at radius 2 is 2.08 bits per heavy atom. The van der Waals surface area contributed by atoms with Gasteiger partial charge in [-0.2, -0.15) is 0 Å². The van der Waals surface area contributed by atoms with E-state index >= 15 is 0 Å². The lowest BCUT2D eigenvalue weighted by molar-refractivity contribution is 0.0539. The molecule has 0 aliphatic heterocycles. The van der Waals surface area contributed by atoms with Crippen molar-refractivity contribution in [1.29, 1.82) is 0 Å². The molecule has 0 bridgehead atoms. The van der Waals surface area contributed by atoms with E-state index in [1.165, 1.54) is 6.92 Å². The summed E-state index contributed by atoms with van der Waals surface area (Å²) in [5, 5.41) is 0. The van der Waals surface area contributed by atoms with Crippen molar-refractivity contribution in [3.05, 3.63) is 0 Å². The van der Waals surface area contributed by atoms with Crippen molar-refractivity contribution < 1.29 is 22.7 Å². The van der Waals surface area contributed by atoms with Gasteiger partial charge in [0.15, 0.2) is 15.4 Å². The fraction of sp³-hybridized carbons (Fsp3) is 0.833. The molecular weight excluding hydrogens is 220 g/mol. The van der Waals surface area contributed by atoms with Gasteiger partial charge in [0, 0.05) is 6.26 Å². The van der Waals surface area contributed by atoms with Crippen LogP contribution in [0.2, 0.25) is 0 Å². The van der Waals surface area contributed by atoms with Crippen LogP contribution in [0, 0.1) is 0 Å². The molecule has 13 heavy (non-hydrogen) atoms. The molecule has 0 aromatic carbocycles. The maximum atomic E-state index is 10.6. The average Bonchev–Trinajstić information content (AvgIpc) is 1.81. The Morgan fingerprint density at radius 1 is 1.54 bits per heavy atom. The smallest absolute Gasteiger partial charge is 0.433 e. The summed E-state index contributed by atoms with van der Waals surface area (Å²) >= 11 is 5.30. The number of ether oxygens (including phenoxy) is 2. The molecule has 0 fully saturated rings. The quantitative estimate of drug-likeness (QED) is 0.527. The van der Waals surface area contributed by atoms with E-state index in [4.69, 9.17) is 11.6 Å². The van der Waals surface area contributed by atoms with Gasteiger partial charge in [-0.3, -0.25) is 0 Å². The first-order valence-corrected chi connectivity index (χ1v) is 5.96. The van der Waals surface area contributed by atoms with Crippen LogP contribution in [0.25, 0.3) is 0 Å². The highest BCUT2D eigenvalue weighted by atomic mass is 35.5. The summed E-state index contributed by atoms with van der Waals surface area (Å²) in [6.07, 6.45) is 0.0810. The van der Waals surface area contributed by atoms with Crippen molar-refractivity contribution in [3.8, 4) is 0 Å². The molecule has 78 valence electrons. The molecule has 0 radical (unpaired) electrons.